The van der Waals surface area contributed by atoms with Crippen molar-refractivity contribution in [1.82, 2.24) is 4.98 Å². The number of hydrogen-bond donors (Lipinski definition) is 0. The van der Waals surface area contributed by atoms with Crippen LogP contribution in [0.1, 0.15) is 13.3 Å². The lowest BCUT2D eigenvalue weighted by atomic mass is 10.1. The van der Waals surface area contributed by atoms with Crippen molar-refractivity contribution in [1.29, 1.82) is 0 Å². The molecule has 12 heteroatoms. The van der Waals surface area contributed by atoms with Gasteiger partial charge in [0.1, 0.15) is 5.54 Å². The minimum absolute atomic E-state index is 0.0348. The summed E-state index contributed by atoms with van der Waals surface area (Å²) in [5.41, 5.74) is -5.73. The molecule has 2 unspecified atom stereocenters. The molecule has 2 fully saturated rings. The van der Waals surface area contributed by atoms with Crippen LogP contribution in [-0.4, -0.2) is 43.5 Å². The van der Waals surface area contributed by atoms with Gasteiger partial charge >= 0.3 is 11.5 Å². The molecule has 3 aromatic rings. The summed E-state index contributed by atoms with van der Waals surface area (Å²) in [6.07, 6.45) is 0.383. The highest BCUT2D eigenvalue weighted by Gasteiger charge is 2.70. The number of ether oxygens (including phenoxy) is 1. The summed E-state index contributed by atoms with van der Waals surface area (Å²) in [7, 11) is -4.14. The first-order valence-electron chi connectivity index (χ1n) is 10.5. The number of urea groups is 1. The van der Waals surface area contributed by atoms with Crippen LogP contribution in [0.3, 0.4) is 0 Å². The zero-order chi connectivity index (χ0) is 25.3. The number of amides is 3. The van der Waals surface area contributed by atoms with Crippen LogP contribution in [0.5, 0.6) is 5.88 Å². The average molecular weight is 505 g/mol. The molecule has 1 spiro atoms. The first kappa shape index (κ1) is 23.1. The van der Waals surface area contributed by atoms with Crippen molar-refractivity contribution >= 4 is 44.1 Å². The molecule has 2 atom stereocenters. The van der Waals surface area contributed by atoms with Gasteiger partial charge in [-0.15, -0.1) is 0 Å². The van der Waals surface area contributed by atoms with E-state index in [2.05, 4.69) is 4.98 Å². The number of para-hydroxylation sites is 1. The Kier molecular flexibility index (Phi) is 4.89. The van der Waals surface area contributed by atoms with Crippen molar-refractivity contribution in [3.8, 4) is 5.88 Å². The third-order valence-electron chi connectivity index (χ3n) is 6.46. The number of imide groups is 1. The molecule has 2 heterocycles. The number of nitrogens with zero attached hydrogens (tertiary/aromatic N) is 3. The topological polar surface area (TPSA) is 96.9 Å². The van der Waals surface area contributed by atoms with Crippen LogP contribution < -0.4 is 14.5 Å². The normalized spacial score (nSPS) is 22.4. The Balaban J connectivity index is 1.62. The number of hydrogen-bond acceptors (Lipinski definition) is 6. The fourth-order valence-corrected chi connectivity index (χ4v) is 5.30. The molecule has 8 nitrogen and oxygen atoms in total. The molecule has 5 rings (SSSR count). The number of aromatic nitrogens is 1. The van der Waals surface area contributed by atoms with Gasteiger partial charge in [0, 0.05) is 11.5 Å². The van der Waals surface area contributed by atoms with Crippen LogP contribution in [-0.2, 0) is 14.6 Å². The predicted molar refractivity (Wildman–Crippen MR) is 120 cm³/mol. The molecule has 1 saturated carbocycles. The van der Waals surface area contributed by atoms with Crippen LogP contribution in [0, 0.1) is 5.92 Å². The lowest BCUT2D eigenvalue weighted by molar-refractivity contribution is -0.119. The Morgan fingerprint density at radius 1 is 1.09 bits per heavy atom. The fourth-order valence-electron chi connectivity index (χ4n) is 4.54. The van der Waals surface area contributed by atoms with Gasteiger partial charge in [0.2, 0.25) is 5.88 Å². The molecular weight excluding hydrogens is 487 g/mol. The maximum absolute atomic E-state index is 13.7. The van der Waals surface area contributed by atoms with Gasteiger partial charge in [-0.05, 0) is 42.7 Å². The Bertz CT molecular complexity index is 1490. The van der Waals surface area contributed by atoms with E-state index in [9.17, 15) is 31.2 Å². The van der Waals surface area contributed by atoms with E-state index in [1.54, 1.807) is 30.3 Å². The summed E-state index contributed by atoms with van der Waals surface area (Å²) in [4.78, 5) is 32.9. The Labute approximate surface area is 197 Å². The number of anilines is 2. The second kappa shape index (κ2) is 7.41. The molecule has 182 valence electrons. The van der Waals surface area contributed by atoms with Gasteiger partial charge in [-0.1, -0.05) is 25.1 Å². The lowest BCUT2D eigenvalue weighted by Gasteiger charge is -2.24. The van der Waals surface area contributed by atoms with Crippen molar-refractivity contribution in [3.63, 3.8) is 0 Å². The minimum atomic E-state index is -5.57. The number of carbonyl (C=O) groups is 2. The molecule has 35 heavy (non-hydrogen) atoms. The quantitative estimate of drug-likeness (QED) is 0.491. The highest BCUT2D eigenvalue weighted by molar-refractivity contribution is 7.92. The first-order chi connectivity index (χ1) is 16.4. The third-order valence-corrected chi connectivity index (χ3v) is 7.96. The maximum atomic E-state index is 13.7. The Hall–Kier alpha value is -3.67. The fraction of sp³-hybridized carbons (Fsp3) is 0.261. The molecule has 1 aromatic heterocycles. The predicted octanol–water partition coefficient (Wildman–Crippen LogP) is 4.29. The van der Waals surface area contributed by atoms with E-state index in [-0.39, 0.29) is 17.5 Å². The van der Waals surface area contributed by atoms with Gasteiger partial charge in [0.15, 0.2) is 0 Å². The van der Waals surface area contributed by atoms with Crippen molar-refractivity contribution in [2.45, 2.75) is 29.3 Å². The largest absolute Gasteiger partial charge is 0.501 e. The number of methoxy groups -OCH3 is 1. The van der Waals surface area contributed by atoms with Crippen molar-refractivity contribution in [2.24, 2.45) is 5.92 Å². The van der Waals surface area contributed by atoms with E-state index < -0.39 is 37.7 Å². The standard InChI is InChI=1S/C23H18F3N3O5S/c1-13-12-22(13)20(30)28(14-7-9-15(10-8-14)35(32,33)23(24,25)26)21(31)29(22)18-11-19(34-2)27-17-6-4-3-5-16(17)18/h3-11,13H,12H2,1-2H3. The number of halogens is 3. The number of pyridine rings is 1. The van der Waals surface area contributed by atoms with E-state index in [1.807, 2.05) is 6.92 Å². The van der Waals surface area contributed by atoms with Gasteiger partial charge in [0.25, 0.3) is 15.7 Å². The van der Waals surface area contributed by atoms with Gasteiger partial charge in [-0.2, -0.15) is 13.2 Å². The molecule has 0 bridgehead atoms. The Morgan fingerprint density at radius 3 is 2.29 bits per heavy atom. The van der Waals surface area contributed by atoms with Crippen molar-refractivity contribution in [3.05, 3.63) is 54.6 Å². The van der Waals surface area contributed by atoms with Gasteiger partial charge in [-0.3, -0.25) is 9.69 Å². The Morgan fingerprint density at radius 2 is 1.71 bits per heavy atom. The summed E-state index contributed by atoms with van der Waals surface area (Å²) in [6.45, 7) is 1.82. The van der Waals surface area contributed by atoms with E-state index in [0.29, 0.717) is 23.0 Å². The summed E-state index contributed by atoms with van der Waals surface area (Å²) >= 11 is 0. The van der Waals surface area contributed by atoms with Crippen LogP contribution in [0.2, 0.25) is 0 Å². The van der Waals surface area contributed by atoms with Crippen molar-refractivity contribution < 1.29 is 35.9 Å². The summed E-state index contributed by atoms with van der Waals surface area (Å²) in [6, 6.07) is 11.4. The molecule has 1 aliphatic heterocycles. The van der Waals surface area contributed by atoms with E-state index in [1.165, 1.54) is 12.0 Å². The number of alkyl halides is 3. The highest BCUT2D eigenvalue weighted by Crippen LogP contribution is 2.56. The smallest absolute Gasteiger partial charge is 0.481 e. The minimum Gasteiger partial charge on any atom is -0.481 e. The van der Waals surface area contributed by atoms with Crippen LogP contribution in [0.25, 0.3) is 10.9 Å². The van der Waals surface area contributed by atoms with Gasteiger partial charge in [0.05, 0.1) is 28.9 Å². The number of rotatable bonds is 4. The average Bonchev–Trinajstić information content (AvgIpc) is 3.43. The van der Waals surface area contributed by atoms with Crippen LogP contribution >= 0.6 is 0 Å². The molecule has 0 radical (unpaired) electrons. The SMILES string of the molecule is COc1cc(N2C(=O)N(c3ccc(S(=O)(=O)C(F)(F)F)cc3)C(=O)C23CC3C)c2ccccc2n1. The molecule has 2 aromatic carbocycles. The molecule has 0 N–H and O–H groups in total. The van der Waals surface area contributed by atoms with Gasteiger partial charge in [-0.25, -0.2) is 23.1 Å². The third kappa shape index (κ3) is 3.19. The zero-order valence-corrected chi connectivity index (χ0v) is 19.2. The second-order valence-corrected chi connectivity index (χ2v) is 10.4. The molecule has 2 aliphatic rings. The molecule has 3 amide bonds. The number of benzene rings is 2. The van der Waals surface area contributed by atoms with Crippen LogP contribution in [0.4, 0.5) is 29.3 Å². The molecular formula is C23H18F3N3O5S. The number of sulfone groups is 1. The highest BCUT2D eigenvalue weighted by atomic mass is 32.2. The van der Waals surface area contributed by atoms with Crippen molar-refractivity contribution in [2.75, 3.05) is 16.9 Å². The second-order valence-electron chi connectivity index (χ2n) is 8.43. The monoisotopic (exact) mass is 505 g/mol. The van der Waals surface area contributed by atoms with Crippen LogP contribution in [0.15, 0.2) is 59.5 Å². The summed E-state index contributed by atoms with van der Waals surface area (Å²) < 4.78 is 67.4. The van der Waals surface area contributed by atoms with E-state index in [4.69, 9.17) is 4.74 Å². The summed E-state index contributed by atoms with van der Waals surface area (Å²) in [5.74, 6) is -0.490. The molecule has 1 saturated heterocycles. The number of fused-ring (bicyclic) bond motifs is 1. The number of carbonyl (C=O) groups excluding carboxylic acids is 2. The van der Waals surface area contributed by atoms with E-state index in [0.717, 1.165) is 29.2 Å². The maximum Gasteiger partial charge on any atom is 0.501 e. The van der Waals surface area contributed by atoms with Gasteiger partial charge < -0.3 is 4.74 Å². The molecule has 1 aliphatic carbocycles. The zero-order valence-electron chi connectivity index (χ0n) is 18.4. The first-order valence-corrected chi connectivity index (χ1v) is 12.0. The lowest BCUT2D eigenvalue weighted by Crippen LogP contribution is -2.39. The summed E-state index contributed by atoms with van der Waals surface area (Å²) in [5, 5.41) is 0.612. The van der Waals surface area contributed by atoms with E-state index >= 15 is 0 Å².